The Bertz CT molecular complexity index is 745. The predicted molar refractivity (Wildman–Crippen MR) is 94.8 cm³/mol. The zero-order valence-electron chi connectivity index (χ0n) is 14.3. The summed E-state index contributed by atoms with van der Waals surface area (Å²) >= 11 is 6.10. The van der Waals surface area contributed by atoms with Crippen LogP contribution < -0.4 is 10.2 Å². The summed E-state index contributed by atoms with van der Waals surface area (Å²) in [5.74, 6) is 0.269. The molecule has 0 spiro atoms. The molecular formula is C17H21ClN4O2. The van der Waals surface area contributed by atoms with Crippen LogP contribution in [0.3, 0.4) is 0 Å². The number of ether oxygens (including phenoxy) is 1. The van der Waals surface area contributed by atoms with Gasteiger partial charge in [-0.2, -0.15) is 10.2 Å². The Hall–Kier alpha value is -2.34. The van der Waals surface area contributed by atoms with E-state index in [1.54, 1.807) is 24.5 Å². The number of hydrogen-bond acceptors (Lipinski definition) is 4. The molecule has 128 valence electrons. The molecule has 2 rings (SSSR count). The van der Waals surface area contributed by atoms with Crippen molar-refractivity contribution in [2.24, 2.45) is 5.10 Å². The van der Waals surface area contributed by atoms with E-state index in [9.17, 15) is 4.79 Å². The van der Waals surface area contributed by atoms with Crippen molar-refractivity contribution in [3.8, 4) is 5.75 Å². The lowest BCUT2D eigenvalue weighted by molar-refractivity contribution is -0.123. The van der Waals surface area contributed by atoms with E-state index in [0.717, 1.165) is 28.9 Å². The minimum absolute atomic E-state index is 0.120. The van der Waals surface area contributed by atoms with Gasteiger partial charge in [0.2, 0.25) is 0 Å². The SMILES string of the molecule is CCn1ncc(C=NNC(=O)COc2cc(C)c(Cl)c(C)c2)c1C. The Morgan fingerprint density at radius 2 is 2.04 bits per heavy atom. The molecule has 1 heterocycles. The van der Waals surface area contributed by atoms with Gasteiger partial charge >= 0.3 is 0 Å². The van der Waals surface area contributed by atoms with Crippen LogP contribution in [0, 0.1) is 20.8 Å². The maximum atomic E-state index is 11.8. The summed E-state index contributed by atoms with van der Waals surface area (Å²) in [4.78, 5) is 11.8. The number of halogens is 1. The van der Waals surface area contributed by atoms with Crippen LogP contribution in [-0.2, 0) is 11.3 Å². The number of carbonyl (C=O) groups excluding carboxylic acids is 1. The molecule has 1 aromatic heterocycles. The highest BCUT2D eigenvalue weighted by molar-refractivity contribution is 6.32. The lowest BCUT2D eigenvalue weighted by Gasteiger charge is -2.09. The maximum Gasteiger partial charge on any atom is 0.277 e. The molecule has 1 N–H and O–H groups in total. The van der Waals surface area contributed by atoms with Crippen molar-refractivity contribution in [2.45, 2.75) is 34.2 Å². The van der Waals surface area contributed by atoms with Crippen LogP contribution in [-0.4, -0.2) is 28.5 Å². The first-order chi connectivity index (χ1) is 11.4. The van der Waals surface area contributed by atoms with Crippen molar-refractivity contribution in [2.75, 3.05) is 6.61 Å². The second-order valence-corrected chi connectivity index (χ2v) is 5.83. The van der Waals surface area contributed by atoms with E-state index < -0.39 is 0 Å². The number of hydrazone groups is 1. The maximum absolute atomic E-state index is 11.8. The number of carbonyl (C=O) groups is 1. The van der Waals surface area contributed by atoms with Crippen LogP contribution in [0.4, 0.5) is 0 Å². The van der Waals surface area contributed by atoms with Gasteiger partial charge < -0.3 is 4.74 Å². The number of benzene rings is 1. The monoisotopic (exact) mass is 348 g/mol. The van der Waals surface area contributed by atoms with Gasteiger partial charge in [0.15, 0.2) is 6.61 Å². The topological polar surface area (TPSA) is 68.5 Å². The molecule has 1 amide bonds. The van der Waals surface area contributed by atoms with Crippen molar-refractivity contribution in [3.05, 3.63) is 45.7 Å². The molecule has 2 aromatic rings. The summed E-state index contributed by atoms with van der Waals surface area (Å²) in [5, 5.41) is 8.85. The quantitative estimate of drug-likeness (QED) is 0.644. The summed E-state index contributed by atoms with van der Waals surface area (Å²) < 4.78 is 7.33. The lowest BCUT2D eigenvalue weighted by Crippen LogP contribution is -2.24. The summed E-state index contributed by atoms with van der Waals surface area (Å²) in [6.07, 6.45) is 3.28. The second kappa shape index (κ2) is 7.97. The number of nitrogens with one attached hydrogen (secondary N) is 1. The van der Waals surface area contributed by atoms with Gasteiger partial charge in [-0.3, -0.25) is 9.48 Å². The van der Waals surface area contributed by atoms with E-state index in [2.05, 4.69) is 15.6 Å². The highest BCUT2D eigenvalue weighted by atomic mass is 35.5. The Morgan fingerprint density at radius 3 is 2.62 bits per heavy atom. The summed E-state index contributed by atoms with van der Waals surface area (Å²) in [6, 6.07) is 3.60. The first-order valence-electron chi connectivity index (χ1n) is 7.66. The summed E-state index contributed by atoms with van der Waals surface area (Å²) in [5.41, 5.74) is 6.12. The molecule has 0 aliphatic carbocycles. The summed E-state index contributed by atoms with van der Waals surface area (Å²) in [7, 11) is 0. The normalized spacial score (nSPS) is 11.0. The third-order valence-corrected chi connectivity index (χ3v) is 4.21. The largest absolute Gasteiger partial charge is 0.484 e. The lowest BCUT2D eigenvalue weighted by atomic mass is 10.1. The zero-order chi connectivity index (χ0) is 17.7. The highest BCUT2D eigenvalue weighted by Crippen LogP contribution is 2.25. The molecule has 0 saturated heterocycles. The molecule has 0 unspecified atom stereocenters. The van der Waals surface area contributed by atoms with Crippen molar-refractivity contribution in [3.63, 3.8) is 0 Å². The molecule has 0 radical (unpaired) electrons. The van der Waals surface area contributed by atoms with Crippen LogP contribution >= 0.6 is 11.6 Å². The summed E-state index contributed by atoms with van der Waals surface area (Å²) in [6.45, 7) is 8.43. The van der Waals surface area contributed by atoms with Crippen molar-refractivity contribution >= 4 is 23.7 Å². The van der Waals surface area contributed by atoms with Crippen LogP contribution in [0.1, 0.15) is 29.3 Å². The van der Waals surface area contributed by atoms with Crippen LogP contribution in [0.2, 0.25) is 5.02 Å². The number of aromatic nitrogens is 2. The second-order valence-electron chi connectivity index (χ2n) is 5.45. The van der Waals surface area contributed by atoms with Crippen molar-refractivity contribution < 1.29 is 9.53 Å². The average molecular weight is 349 g/mol. The number of amides is 1. The van der Waals surface area contributed by atoms with Crippen molar-refractivity contribution in [1.82, 2.24) is 15.2 Å². The Balaban J connectivity index is 1.87. The zero-order valence-corrected chi connectivity index (χ0v) is 15.0. The fourth-order valence-electron chi connectivity index (χ4n) is 2.25. The van der Waals surface area contributed by atoms with Gasteiger partial charge in [0.05, 0.1) is 12.4 Å². The van der Waals surface area contributed by atoms with Crippen LogP contribution in [0.15, 0.2) is 23.4 Å². The van der Waals surface area contributed by atoms with E-state index in [-0.39, 0.29) is 12.5 Å². The molecular weight excluding hydrogens is 328 g/mol. The van der Waals surface area contributed by atoms with Gasteiger partial charge in [-0.15, -0.1) is 0 Å². The van der Waals surface area contributed by atoms with E-state index in [1.165, 1.54) is 0 Å². The fraction of sp³-hybridized carbons (Fsp3) is 0.353. The standard InChI is InChI=1S/C17H21ClN4O2/c1-5-22-13(4)14(9-20-22)8-19-21-16(23)10-24-15-6-11(2)17(18)12(3)7-15/h6-9H,5,10H2,1-4H3,(H,21,23). The first kappa shape index (κ1) is 18.0. The molecule has 24 heavy (non-hydrogen) atoms. The number of rotatable bonds is 6. The van der Waals surface area contributed by atoms with Crippen LogP contribution in [0.25, 0.3) is 0 Å². The third kappa shape index (κ3) is 4.35. The first-order valence-corrected chi connectivity index (χ1v) is 8.04. The molecule has 6 nitrogen and oxygen atoms in total. The van der Waals surface area contributed by atoms with E-state index in [4.69, 9.17) is 16.3 Å². The molecule has 0 atom stereocenters. The minimum Gasteiger partial charge on any atom is -0.484 e. The smallest absolute Gasteiger partial charge is 0.277 e. The molecule has 1 aromatic carbocycles. The van der Waals surface area contributed by atoms with Crippen molar-refractivity contribution in [1.29, 1.82) is 0 Å². The average Bonchev–Trinajstić information content (AvgIpc) is 2.90. The highest BCUT2D eigenvalue weighted by Gasteiger charge is 2.06. The molecule has 0 saturated carbocycles. The van der Waals surface area contributed by atoms with Gasteiger partial charge in [-0.05, 0) is 51.0 Å². The minimum atomic E-state index is -0.336. The molecule has 0 aliphatic heterocycles. The molecule has 0 bridgehead atoms. The number of aryl methyl sites for hydroxylation is 3. The molecule has 7 heteroatoms. The number of hydrogen-bond donors (Lipinski definition) is 1. The fourth-order valence-corrected chi connectivity index (χ4v) is 2.36. The van der Waals surface area contributed by atoms with Gasteiger partial charge in [0.1, 0.15) is 5.75 Å². The molecule has 0 aliphatic rings. The molecule has 0 fully saturated rings. The van der Waals surface area contributed by atoms with Gasteiger partial charge in [0, 0.05) is 22.8 Å². The third-order valence-electron chi connectivity index (χ3n) is 3.61. The number of nitrogens with zero attached hydrogens (tertiary/aromatic N) is 3. The van der Waals surface area contributed by atoms with Gasteiger partial charge in [0.25, 0.3) is 5.91 Å². The Kier molecular flexibility index (Phi) is 5.98. The van der Waals surface area contributed by atoms with Gasteiger partial charge in [-0.25, -0.2) is 5.43 Å². The Morgan fingerprint density at radius 1 is 1.38 bits per heavy atom. The van der Waals surface area contributed by atoms with E-state index in [1.807, 2.05) is 32.4 Å². The predicted octanol–water partition coefficient (Wildman–Crippen LogP) is 3.01. The van der Waals surface area contributed by atoms with Crippen LogP contribution in [0.5, 0.6) is 5.75 Å². The van der Waals surface area contributed by atoms with E-state index in [0.29, 0.717) is 10.8 Å². The Labute approximate surface area is 146 Å². The van der Waals surface area contributed by atoms with E-state index >= 15 is 0 Å². The van der Waals surface area contributed by atoms with Gasteiger partial charge in [-0.1, -0.05) is 11.6 Å².